The van der Waals surface area contributed by atoms with E-state index < -0.39 is 0 Å². The van der Waals surface area contributed by atoms with Crippen LogP contribution in [0.5, 0.6) is 0 Å². The quantitative estimate of drug-likeness (QED) is 0.840. The topological polar surface area (TPSA) is 38.7 Å². The lowest BCUT2D eigenvalue weighted by atomic mass is 10.1. The first kappa shape index (κ1) is 11.1. The molecule has 96 valence electrons. The second kappa shape index (κ2) is 4.12. The molecule has 0 radical (unpaired) electrons. The van der Waals surface area contributed by atoms with Crippen molar-refractivity contribution in [2.45, 2.75) is 43.9 Å². The molecule has 0 amide bonds. The maximum atomic E-state index is 4.65. The molecule has 4 rings (SSSR count). The van der Waals surface area contributed by atoms with Crippen molar-refractivity contribution < 1.29 is 0 Å². The van der Waals surface area contributed by atoms with E-state index in [4.69, 9.17) is 0 Å². The Morgan fingerprint density at radius 3 is 2.37 bits per heavy atom. The Bertz CT molecular complexity index is 584. The summed E-state index contributed by atoms with van der Waals surface area (Å²) in [5, 5.41) is 8.44. The normalized spacial score (nSPS) is 25.3. The summed E-state index contributed by atoms with van der Waals surface area (Å²) in [5.41, 5.74) is 4.73. The summed E-state index contributed by atoms with van der Waals surface area (Å²) in [7, 11) is 0. The number of hydrogen-bond donors (Lipinski definition) is 0. The van der Waals surface area contributed by atoms with E-state index in [0.717, 1.165) is 23.7 Å². The van der Waals surface area contributed by atoms with Gasteiger partial charge in [0.15, 0.2) is 0 Å². The average Bonchev–Trinajstić information content (AvgIpc) is 3.32. The fraction of sp³-hybridized carbons (Fsp3) is 0.438. The lowest BCUT2D eigenvalue weighted by molar-refractivity contribution is 0.857. The van der Waals surface area contributed by atoms with Gasteiger partial charge in [0.25, 0.3) is 0 Å². The predicted octanol–water partition coefficient (Wildman–Crippen LogP) is 3.33. The van der Waals surface area contributed by atoms with Gasteiger partial charge in [-0.05, 0) is 55.9 Å². The van der Waals surface area contributed by atoms with Gasteiger partial charge < -0.3 is 0 Å². The molecule has 0 saturated heterocycles. The summed E-state index contributed by atoms with van der Waals surface area (Å²) in [6, 6.07) is 8.61. The van der Waals surface area contributed by atoms with Gasteiger partial charge in [-0.25, -0.2) is 0 Å². The highest BCUT2D eigenvalue weighted by Crippen LogP contribution is 2.53. The van der Waals surface area contributed by atoms with E-state index in [1.54, 1.807) is 0 Å². The molecule has 2 aliphatic carbocycles. The molecule has 2 atom stereocenters. The molecule has 3 nitrogen and oxygen atoms in total. The fourth-order valence-electron chi connectivity index (χ4n) is 2.75. The maximum Gasteiger partial charge on any atom is 0.0669 e. The highest BCUT2D eigenvalue weighted by molar-refractivity contribution is 5.31. The molecule has 2 saturated carbocycles. The standard InChI is InChI=1S/C16H17N3/c1-10-2-6-16(19-18-10)14-8-13(14)15-7-5-12(9-17-15)11-3-4-11/h2,5-7,9,11,13-14H,3-4,8H2,1H3/t13-,14?/m0/s1. The van der Waals surface area contributed by atoms with E-state index in [1.807, 2.05) is 13.0 Å². The SMILES string of the molecule is Cc1ccc(C2C[C@@H]2c2ccc(C3CC3)cn2)nn1. The smallest absolute Gasteiger partial charge is 0.0669 e. The number of nitrogens with zero attached hydrogens (tertiary/aromatic N) is 3. The summed E-state index contributed by atoms with van der Waals surface area (Å²) in [6.45, 7) is 1.97. The Morgan fingerprint density at radius 2 is 1.74 bits per heavy atom. The van der Waals surface area contributed by atoms with Crippen LogP contribution in [0.3, 0.4) is 0 Å². The highest BCUT2D eigenvalue weighted by Gasteiger charge is 2.42. The van der Waals surface area contributed by atoms with Crippen molar-refractivity contribution in [3.8, 4) is 0 Å². The minimum atomic E-state index is 0.521. The van der Waals surface area contributed by atoms with Gasteiger partial charge in [0.2, 0.25) is 0 Å². The van der Waals surface area contributed by atoms with Crippen LogP contribution in [0.15, 0.2) is 30.5 Å². The van der Waals surface area contributed by atoms with Crippen LogP contribution >= 0.6 is 0 Å². The Kier molecular flexibility index (Phi) is 2.40. The van der Waals surface area contributed by atoms with Crippen molar-refractivity contribution >= 4 is 0 Å². The first-order valence-electron chi connectivity index (χ1n) is 7.07. The Balaban J connectivity index is 1.50. The monoisotopic (exact) mass is 251 g/mol. The molecule has 0 N–H and O–H groups in total. The largest absolute Gasteiger partial charge is 0.261 e. The molecule has 1 unspecified atom stereocenters. The number of hydrogen-bond acceptors (Lipinski definition) is 3. The van der Waals surface area contributed by atoms with Crippen molar-refractivity contribution in [1.29, 1.82) is 0 Å². The van der Waals surface area contributed by atoms with E-state index in [-0.39, 0.29) is 0 Å². The number of aromatic nitrogens is 3. The molecule has 0 spiro atoms. The third kappa shape index (κ3) is 2.14. The molecule has 0 bridgehead atoms. The Morgan fingerprint density at radius 1 is 0.947 bits per heavy atom. The van der Waals surface area contributed by atoms with Crippen LogP contribution in [0.25, 0.3) is 0 Å². The lowest BCUT2D eigenvalue weighted by Gasteiger charge is -2.02. The molecular weight excluding hydrogens is 234 g/mol. The van der Waals surface area contributed by atoms with Crippen molar-refractivity contribution in [3.05, 3.63) is 53.1 Å². The first-order valence-corrected chi connectivity index (χ1v) is 7.07. The van der Waals surface area contributed by atoms with Crippen molar-refractivity contribution in [2.24, 2.45) is 0 Å². The van der Waals surface area contributed by atoms with E-state index >= 15 is 0 Å². The molecule has 2 aromatic rings. The van der Waals surface area contributed by atoms with E-state index in [0.29, 0.717) is 11.8 Å². The lowest BCUT2D eigenvalue weighted by Crippen LogP contribution is -1.94. The molecule has 2 fully saturated rings. The number of pyridine rings is 1. The molecule has 19 heavy (non-hydrogen) atoms. The fourth-order valence-corrected chi connectivity index (χ4v) is 2.75. The molecular formula is C16H17N3. The summed E-state index contributed by atoms with van der Waals surface area (Å²) >= 11 is 0. The Labute approximate surface area is 113 Å². The summed E-state index contributed by atoms with van der Waals surface area (Å²) in [4.78, 5) is 4.65. The van der Waals surface area contributed by atoms with Gasteiger partial charge in [0, 0.05) is 23.7 Å². The van der Waals surface area contributed by atoms with Gasteiger partial charge in [-0.3, -0.25) is 4.98 Å². The maximum absolute atomic E-state index is 4.65. The van der Waals surface area contributed by atoms with Crippen molar-refractivity contribution in [2.75, 3.05) is 0 Å². The van der Waals surface area contributed by atoms with Crippen LogP contribution in [0, 0.1) is 6.92 Å². The van der Waals surface area contributed by atoms with Crippen LogP contribution in [0.1, 0.15) is 59.7 Å². The minimum Gasteiger partial charge on any atom is -0.261 e. The van der Waals surface area contributed by atoms with Crippen LogP contribution in [-0.4, -0.2) is 15.2 Å². The summed E-state index contributed by atoms with van der Waals surface area (Å²) < 4.78 is 0. The average molecular weight is 251 g/mol. The van der Waals surface area contributed by atoms with Gasteiger partial charge in [0.05, 0.1) is 11.4 Å². The zero-order valence-corrected chi connectivity index (χ0v) is 11.1. The van der Waals surface area contributed by atoms with E-state index in [9.17, 15) is 0 Å². The third-order valence-electron chi connectivity index (χ3n) is 4.23. The van der Waals surface area contributed by atoms with Crippen LogP contribution in [0.2, 0.25) is 0 Å². The second-order valence-corrected chi connectivity index (χ2v) is 5.84. The van der Waals surface area contributed by atoms with Crippen LogP contribution < -0.4 is 0 Å². The van der Waals surface area contributed by atoms with E-state index in [1.165, 1.54) is 24.1 Å². The number of aryl methyl sites for hydroxylation is 1. The molecule has 3 heteroatoms. The van der Waals surface area contributed by atoms with Gasteiger partial charge >= 0.3 is 0 Å². The second-order valence-electron chi connectivity index (χ2n) is 5.84. The molecule has 0 aliphatic heterocycles. The molecule has 2 aromatic heterocycles. The van der Waals surface area contributed by atoms with Gasteiger partial charge in [-0.1, -0.05) is 6.07 Å². The Hall–Kier alpha value is -1.77. The van der Waals surface area contributed by atoms with Gasteiger partial charge in [-0.15, -0.1) is 0 Å². The number of rotatable bonds is 3. The molecule has 0 aromatic carbocycles. The van der Waals surface area contributed by atoms with Gasteiger partial charge in [0.1, 0.15) is 0 Å². The van der Waals surface area contributed by atoms with E-state index in [2.05, 4.69) is 39.6 Å². The third-order valence-corrected chi connectivity index (χ3v) is 4.23. The van der Waals surface area contributed by atoms with Crippen LogP contribution in [0.4, 0.5) is 0 Å². The van der Waals surface area contributed by atoms with Crippen molar-refractivity contribution in [1.82, 2.24) is 15.2 Å². The summed E-state index contributed by atoms with van der Waals surface area (Å²) in [6.07, 6.45) is 5.91. The highest BCUT2D eigenvalue weighted by atomic mass is 15.1. The molecule has 2 aliphatic rings. The summed E-state index contributed by atoms with van der Waals surface area (Å²) in [5.74, 6) is 1.86. The van der Waals surface area contributed by atoms with Gasteiger partial charge in [-0.2, -0.15) is 10.2 Å². The first-order chi connectivity index (χ1) is 9.31. The zero-order valence-electron chi connectivity index (χ0n) is 11.1. The molecule has 2 heterocycles. The zero-order chi connectivity index (χ0) is 12.8. The van der Waals surface area contributed by atoms with Crippen LogP contribution in [-0.2, 0) is 0 Å². The predicted molar refractivity (Wildman–Crippen MR) is 73.1 cm³/mol. The van der Waals surface area contributed by atoms with Crippen molar-refractivity contribution in [3.63, 3.8) is 0 Å². The minimum absolute atomic E-state index is 0.521.